The van der Waals surface area contributed by atoms with E-state index in [9.17, 15) is 8.42 Å². The van der Waals surface area contributed by atoms with E-state index in [1.165, 1.54) is 12.1 Å². The number of nitrogens with one attached hydrogen (secondary N) is 1. The van der Waals surface area contributed by atoms with Gasteiger partial charge >= 0.3 is 0 Å². The molecular formula is C13H15NO4S. The van der Waals surface area contributed by atoms with Gasteiger partial charge in [-0.2, -0.15) is 8.42 Å². The van der Waals surface area contributed by atoms with Crippen LogP contribution in [0.25, 0.3) is 0 Å². The molecule has 2 rings (SSSR count). The smallest absolute Gasteiger partial charge is 0.295 e. The predicted molar refractivity (Wildman–Crippen MR) is 71.4 cm³/mol. The van der Waals surface area contributed by atoms with Crippen molar-refractivity contribution in [1.29, 1.82) is 0 Å². The zero-order valence-corrected chi connectivity index (χ0v) is 11.5. The molecule has 1 heterocycles. The molecule has 1 aromatic carbocycles. The van der Waals surface area contributed by atoms with Crippen molar-refractivity contribution < 1.29 is 17.9 Å². The molecule has 0 saturated heterocycles. The van der Waals surface area contributed by atoms with Gasteiger partial charge in [-0.25, -0.2) is 0 Å². The summed E-state index contributed by atoms with van der Waals surface area (Å²) in [6.45, 7) is 3.52. The standard InChI is InChI=1S/C13H15NO4S/c1-9-3-4-11(7-10(9)2)14-19(16,17)13-6-5-12(8-15)18-13/h3-7,14-15H,8H2,1-2H3. The summed E-state index contributed by atoms with van der Waals surface area (Å²) in [5.74, 6) is 0.209. The van der Waals surface area contributed by atoms with Crippen LogP contribution in [0.5, 0.6) is 0 Å². The number of aliphatic hydroxyl groups is 1. The second kappa shape index (κ2) is 5.07. The van der Waals surface area contributed by atoms with Crippen molar-refractivity contribution in [2.24, 2.45) is 0 Å². The van der Waals surface area contributed by atoms with Gasteiger partial charge < -0.3 is 9.52 Å². The van der Waals surface area contributed by atoms with Gasteiger partial charge in [-0.1, -0.05) is 6.07 Å². The molecule has 0 aliphatic rings. The van der Waals surface area contributed by atoms with Gasteiger partial charge in [0.05, 0.1) is 0 Å². The summed E-state index contributed by atoms with van der Waals surface area (Å²) >= 11 is 0. The highest BCUT2D eigenvalue weighted by atomic mass is 32.2. The Morgan fingerprint density at radius 1 is 1.16 bits per heavy atom. The number of anilines is 1. The second-order valence-corrected chi connectivity index (χ2v) is 5.90. The third-order valence-corrected chi connectivity index (χ3v) is 4.07. The van der Waals surface area contributed by atoms with Crippen molar-refractivity contribution in [3.63, 3.8) is 0 Å². The van der Waals surface area contributed by atoms with Crippen LogP contribution in [-0.4, -0.2) is 13.5 Å². The third-order valence-electron chi connectivity index (χ3n) is 2.82. The summed E-state index contributed by atoms with van der Waals surface area (Å²) in [6, 6.07) is 8.02. The van der Waals surface area contributed by atoms with E-state index >= 15 is 0 Å². The number of hydrogen-bond acceptors (Lipinski definition) is 4. The highest BCUT2D eigenvalue weighted by molar-refractivity contribution is 7.92. The lowest BCUT2D eigenvalue weighted by molar-refractivity contribution is 0.236. The van der Waals surface area contributed by atoms with Gasteiger partial charge in [-0.05, 0) is 49.2 Å². The normalized spacial score (nSPS) is 11.5. The van der Waals surface area contributed by atoms with E-state index in [1.54, 1.807) is 12.1 Å². The molecule has 2 N–H and O–H groups in total. The first kappa shape index (κ1) is 13.6. The Morgan fingerprint density at radius 3 is 2.47 bits per heavy atom. The second-order valence-electron chi connectivity index (χ2n) is 4.28. The van der Waals surface area contributed by atoms with Crippen LogP contribution >= 0.6 is 0 Å². The molecule has 0 atom stereocenters. The van der Waals surface area contributed by atoms with Crippen LogP contribution < -0.4 is 4.72 Å². The van der Waals surface area contributed by atoms with E-state index in [-0.39, 0.29) is 17.5 Å². The van der Waals surface area contributed by atoms with Gasteiger partial charge in [-0.15, -0.1) is 0 Å². The number of hydrogen-bond donors (Lipinski definition) is 2. The third kappa shape index (κ3) is 2.97. The Morgan fingerprint density at radius 2 is 1.89 bits per heavy atom. The van der Waals surface area contributed by atoms with Crippen molar-refractivity contribution in [1.82, 2.24) is 0 Å². The molecule has 0 unspecified atom stereocenters. The highest BCUT2D eigenvalue weighted by Gasteiger charge is 2.18. The fraction of sp³-hybridized carbons (Fsp3) is 0.231. The van der Waals surface area contributed by atoms with Crippen molar-refractivity contribution in [2.75, 3.05) is 4.72 Å². The molecule has 5 nitrogen and oxygen atoms in total. The van der Waals surface area contributed by atoms with Crippen LogP contribution in [-0.2, 0) is 16.6 Å². The Balaban J connectivity index is 2.28. The van der Waals surface area contributed by atoms with Crippen molar-refractivity contribution in [3.05, 3.63) is 47.2 Å². The van der Waals surface area contributed by atoms with E-state index in [4.69, 9.17) is 9.52 Å². The number of benzene rings is 1. The van der Waals surface area contributed by atoms with E-state index in [0.29, 0.717) is 5.69 Å². The molecule has 0 aliphatic heterocycles. The number of sulfonamides is 1. The van der Waals surface area contributed by atoms with Crippen LogP contribution in [0.4, 0.5) is 5.69 Å². The van der Waals surface area contributed by atoms with Crippen LogP contribution in [0.15, 0.2) is 39.8 Å². The molecule has 19 heavy (non-hydrogen) atoms. The average Bonchev–Trinajstić information content (AvgIpc) is 2.83. The maximum absolute atomic E-state index is 12.0. The Bertz CT molecular complexity index is 688. The topological polar surface area (TPSA) is 79.5 Å². The summed E-state index contributed by atoms with van der Waals surface area (Å²) in [6.07, 6.45) is 0. The first-order valence-electron chi connectivity index (χ1n) is 5.72. The molecule has 0 spiro atoms. The molecule has 0 bridgehead atoms. The molecule has 0 radical (unpaired) electrons. The zero-order valence-electron chi connectivity index (χ0n) is 10.7. The van der Waals surface area contributed by atoms with Gasteiger partial charge in [-0.3, -0.25) is 4.72 Å². The predicted octanol–water partition coefficient (Wildman–Crippen LogP) is 2.19. The highest BCUT2D eigenvalue weighted by Crippen LogP contribution is 2.20. The number of aryl methyl sites for hydroxylation is 2. The lowest BCUT2D eigenvalue weighted by atomic mass is 10.1. The molecular weight excluding hydrogens is 266 g/mol. The molecule has 2 aromatic rings. The van der Waals surface area contributed by atoms with Crippen molar-refractivity contribution >= 4 is 15.7 Å². The van der Waals surface area contributed by atoms with E-state index in [1.807, 2.05) is 19.9 Å². The summed E-state index contributed by atoms with van der Waals surface area (Å²) in [5, 5.41) is 8.65. The Hall–Kier alpha value is -1.79. The lowest BCUT2D eigenvalue weighted by Gasteiger charge is -2.07. The van der Waals surface area contributed by atoms with Crippen LogP contribution in [0.2, 0.25) is 0 Å². The van der Waals surface area contributed by atoms with Crippen LogP contribution in [0, 0.1) is 13.8 Å². The largest absolute Gasteiger partial charge is 0.445 e. The van der Waals surface area contributed by atoms with Gasteiger partial charge in [0.2, 0.25) is 5.09 Å². The summed E-state index contributed by atoms with van der Waals surface area (Å²) in [4.78, 5) is 0. The SMILES string of the molecule is Cc1ccc(NS(=O)(=O)c2ccc(CO)o2)cc1C. The molecule has 0 amide bonds. The molecule has 0 saturated carbocycles. The molecule has 0 aliphatic carbocycles. The Kier molecular flexibility index (Phi) is 3.64. The van der Waals surface area contributed by atoms with Gasteiger partial charge in [0, 0.05) is 5.69 Å². The molecule has 102 valence electrons. The summed E-state index contributed by atoms with van der Waals surface area (Å²) < 4.78 is 31.5. The van der Waals surface area contributed by atoms with Gasteiger partial charge in [0.25, 0.3) is 10.0 Å². The number of aliphatic hydroxyl groups excluding tert-OH is 1. The average molecular weight is 281 g/mol. The first-order valence-corrected chi connectivity index (χ1v) is 7.20. The molecule has 6 heteroatoms. The Labute approximate surface area is 111 Å². The maximum Gasteiger partial charge on any atom is 0.295 e. The monoisotopic (exact) mass is 281 g/mol. The minimum absolute atomic E-state index is 0.209. The quantitative estimate of drug-likeness (QED) is 0.900. The molecule has 0 fully saturated rings. The fourth-order valence-corrected chi connectivity index (χ4v) is 2.60. The van der Waals surface area contributed by atoms with E-state index < -0.39 is 10.0 Å². The first-order chi connectivity index (χ1) is 8.92. The van der Waals surface area contributed by atoms with Crippen LogP contribution in [0.3, 0.4) is 0 Å². The van der Waals surface area contributed by atoms with E-state index in [2.05, 4.69) is 4.72 Å². The number of rotatable bonds is 4. The minimum atomic E-state index is -3.76. The fourth-order valence-electron chi connectivity index (χ4n) is 1.60. The maximum atomic E-state index is 12.0. The van der Waals surface area contributed by atoms with Crippen molar-refractivity contribution in [2.45, 2.75) is 25.5 Å². The van der Waals surface area contributed by atoms with Crippen molar-refractivity contribution in [3.8, 4) is 0 Å². The van der Waals surface area contributed by atoms with Gasteiger partial charge in [0.15, 0.2) is 0 Å². The number of furan rings is 1. The zero-order chi connectivity index (χ0) is 14.0. The lowest BCUT2D eigenvalue weighted by Crippen LogP contribution is -2.12. The van der Waals surface area contributed by atoms with Crippen LogP contribution in [0.1, 0.15) is 16.9 Å². The summed E-state index contributed by atoms with van der Waals surface area (Å²) in [5.41, 5.74) is 2.56. The minimum Gasteiger partial charge on any atom is -0.445 e. The molecule has 1 aromatic heterocycles. The summed E-state index contributed by atoms with van der Waals surface area (Å²) in [7, 11) is -3.76. The van der Waals surface area contributed by atoms with Gasteiger partial charge in [0.1, 0.15) is 12.4 Å². The van der Waals surface area contributed by atoms with E-state index in [0.717, 1.165) is 11.1 Å².